The van der Waals surface area contributed by atoms with Gasteiger partial charge in [0.1, 0.15) is 0 Å². The zero-order chi connectivity index (χ0) is 7.61. The molecular weight excluding hydrogens is 132 g/mol. The van der Waals surface area contributed by atoms with E-state index in [1.165, 1.54) is 0 Å². The van der Waals surface area contributed by atoms with Crippen molar-refractivity contribution in [3.8, 4) is 0 Å². The number of hydrogen-bond donors (Lipinski definition) is 3. The van der Waals surface area contributed by atoms with Crippen LogP contribution >= 0.6 is 0 Å². The van der Waals surface area contributed by atoms with E-state index in [0.717, 1.165) is 19.3 Å². The molecule has 0 radical (unpaired) electrons. The molecule has 10 heavy (non-hydrogen) atoms. The average Bonchev–Trinajstić information content (AvgIpc) is 1.79. The molecule has 0 aromatic heterocycles. The van der Waals surface area contributed by atoms with Gasteiger partial charge < -0.3 is 16.2 Å². The quantitative estimate of drug-likeness (QED) is 0.492. The van der Waals surface area contributed by atoms with Gasteiger partial charge in [-0.25, -0.2) is 4.79 Å². The molecule has 58 valence electrons. The summed E-state index contributed by atoms with van der Waals surface area (Å²) in [6.07, 6.45) is 2.58. The number of urea groups is 1. The largest absolute Gasteiger partial charge is 0.388 e. The van der Waals surface area contributed by atoms with Crippen LogP contribution in [0, 0.1) is 0 Å². The molecule has 0 heterocycles. The Bertz CT molecular complexity index is 143. The predicted molar refractivity (Wildman–Crippen MR) is 36.4 cm³/mol. The fourth-order valence-corrected chi connectivity index (χ4v) is 1.01. The van der Waals surface area contributed by atoms with Gasteiger partial charge in [0.25, 0.3) is 0 Å². The van der Waals surface area contributed by atoms with Crippen LogP contribution in [0.25, 0.3) is 0 Å². The molecule has 0 aromatic rings. The standard InChI is InChI=1S/C6H12N2O2/c7-5(9)8-4-6(10)2-1-3-6/h10H,1-4H2,(H3,7,8,9). The van der Waals surface area contributed by atoms with E-state index in [9.17, 15) is 9.90 Å². The van der Waals surface area contributed by atoms with E-state index in [2.05, 4.69) is 5.32 Å². The van der Waals surface area contributed by atoms with E-state index in [4.69, 9.17) is 5.73 Å². The summed E-state index contributed by atoms with van der Waals surface area (Å²) in [6.45, 7) is 0.294. The van der Waals surface area contributed by atoms with Gasteiger partial charge in [-0.15, -0.1) is 0 Å². The van der Waals surface area contributed by atoms with Gasteiger partial charge in [-0.2, -0.15) is 0 Å². The maximum atomic E-state index is 10.2. The molecule has 4 heteroatoms. The maximum absolute atomic E-state index is 10.2. The van der Waals surface area contributed by atoms with Crippen LogP contribution < -0.4 is 11.1 Å². The fourth-order valence-electron chi connectivity index (χ4n) is 1.01. The maximum Gasteiger partial charge on any atom is 0.312 e. The second-order valence-electron chi connectivity index (χ2n) is 2.80. The molecule has 1 aliphatic carbocycles. The lowest BCUT2D eigenvalue weighted by Gasteiger charge is -2.36. The fraction of sp³-hybridized carbons (Fsp3) is 0.833. The van der Waals surface area contributed by atoms with E-state index >= 15 is 0 Å². The third kappa shape index (κ3) is 1.60. The van der Waals surface area contributed by atoms with E-state index in [1.807, 2.05) is 0 Å². The summed E-state index contributed by atoms with van der Waals surface area (Å²) < 4.78 is 0. The first-order valence-electron chi connectivity index (χ1n) is 3.38. The smallest absolute Gasteiger partial charge is 0.312 e. The number of aliphatic hydroxyl groups is 1. The summed E-state index contributed by atoms with van der Waals surface area (Å²) in [7, 11) is 0. The summed E-state index contributed by atoms with van der Waals surface area (Å²) in [6, 6.07) is -0.569. The number of amides is 2. The van der Waals surface area contributed by atoms with Crippen molar-refractivity contribution in [1.29, 1.82) is 0 Å². The Morgan fingerprint density at radius 3 is 2.60 bits per heavy atom. The molecule has 1 fully saturated rings. The predicted octanol–water partition coefficient (Wildman–Crippen LogP) is -0.430. The summed E-state index contributed by atoms with van der Waals surface area (Å²) in [5.74, 6) is 0. The molecule has 4 nitrogen and oxygen atoms in total. The number of primary amides is 1. The Kier molecular flexibility index (Phi) is 1.80. The van der Waals surface area contributed by atoms with Gasteiger partial charge in [0.15, 0.2) is 0 Å². The second-order valence-corrected chi connectivity index (χ2v) is 2.80. The van der Waals surface area contributed by atoms with Crippen LogP contribution in [0.1, 0.15) is 19.3 Å². The van der Waals surface area contributed by atoms with E-state index < -0.39 is 11.6 Å². The SMILES string of the molecule is NC(=O)NCC1(O)CCC1. The molecule has 2 amide bonds. The summed E-state index contributed by atoms with van der Waals surface area (Å²) >= 11 is 0. The number of rotatable bonds is 2. The van der Waals surface area contributed by atoms with Crippen LogP contribution in [-0.2, 0) is 0 Å². The molecule has 0 bridgehead atoms. The van der Waals surface area contributed by atoms with Crippen molar-refractivity contribution in [3.05, 3.63) is 0 Å². The zero-order valence-electron chi connectivity index (χ0n) is 5.76. The van der Waals surface area contributed by atoms with Crippen LogP contribution in [0.15, 0.2) is 0 Å². The Balaban J connectivity index is 2.18. The lowest BCUT2D eigenvalue weighted by Crippen LogP contribution is -2.49. The minimum atomic E-state index is -0.658. The molecule has 4 N–H and O–H groups in total. The first-order valence-corrected chi connectivity index (χ1v) is 3.38. The zero-order valence-corrected chi connectivity index (χ0v) is 5.76. The van der Waals surface area contributed by atoms with Gasteiger partial charge >= 0.3 is 6.03 Å². The van der Waals surface area contributed by atoms with Gasteiger partial charge in [-0.3, -0.25) is 0 Å². The summed E-state index contributed by atoms with van der Waals surface area (Å²) in [5.41, 5.74) is 4.16. The van der Waals surface area contributed by atoms with Crippen molar-refractivity contribution in [2.45, 2.75) is 24.9 Å². The van der Waals surface area contributed by atoms with Crippen LogP contribution in [0.2, 0.25) is 0 Å². The third-order valence-corrected chi connectivity index (χ3v) is 1.88. The molecule has 0 spiro atoms. The molecule has 1 aliphatic rings. The van der Waals surface area contributed by atoms with Crippen molar-refractivity contribution >= 4 is 6.03 Å². The van der Waals surface area contributed by atoms with Gasteiger partial charge in [-0.1, -0.05) is 0 Å². The van der Waals surface area contributed by atoms with E-state index in [0.29, 0.717) is 6.54 Å². The Hall–Kier alpha value is -0.770. The van der Waals surface area contributed by atoms with Crippen LogP contribution in [0.4, 0.5) is 4.79 Å². The average molecular weight is 144 g/mol. The Morgan fingerprint density at radius 2 is 2.30 bits per heavy atom. The van der Waals surface area contributed by atoms with Crippen LogP contribution in [-0.4, -0.2) is 23.3 Å². The lowest BCUT2D eigenvalue weighted by molar-refractivity contribution is -0.0288. The topological polar surface area (TPSA) is 75.4 Å². The molecule has 1 saturated carbocycles. The third-order valence-electron chi connectivity index (χ3n) is 1.88. The van der Waals surface area contributed by atoms with Crippen molar-refractivity contribution in [1.82, 2.24) is 5.32 Å². The monoisotopic (exact) mass is 144 g/mol. The van der Waals surface area contributed by atoms with Crippen molar-refractivity contribution < 1.29 is 9.90 Å². The highest BCUT2D eigenvalue weighted by atomic mass is 16.3. The molecule has 1 rings (SSSR count). The molecule has 0 unspecified atom stereocenters. The first-order chi connectivity index (χ1) is 4.62. The van der Waals surface area contributed by atoms with Gasteiger partial charge in [-0.05, 0) is 19.3 Å². The highest BCUT2D eigenvalue weighted by Crippen LogP contribution is 2.30. The first kappa shape index (κ1) is 7.34. The van der Waals surface area contributed by atoms with E-state index in [-0.39, 0.29) is 0 Å². The van der Waals surface area contributed by atoms with Gasteiger partial charge in [0.2, 0.25) is 0 Å². The number of carbonyl (C=O) groups is 1. The highest BCUT2D eigenvalue weighted by molar-refractivity contribution is 5.71. The Labute approximate surface area is 59.4 Å². The van der Waals surface area contributed by atoms with Crippen molar-refractivity contribution in [3.63, 3.8) is 0 Å². The second kappa shape index (κ2) is 2.46. The normalized spacial score (nSPS) is 21.3. The van der Waals surface area contributed by atoms with Crippen LogP contribution in [0.3, 0.4) is 0 Å². The lowest BCUT2D eigenvalue weighted by atomic mass is 9.80. The minimum Gasteiger partial charge on any atom is -0.388 e. The van der Waals surface area contributed by atoms with Crippen LogP contribution in [0.5, 0.6) is 0 Å². The number of hydrogen-bond acceptors (Lipinski definition) is 2. The summed E-state index contributed by atoms with van der Waals surface area (Å²) in [4.78, 5) is 10.2. The minimum absolute atomic E-state index is 0.294. The van der Waals surface area contributed by atoms with Gasteiger partial charge in [0, 0.05) is 6.54 Å². The number of nitrogens with one attached hydrogen (secondary N) is 1. The van der Waals surface area contributed by atoms with Crippen molar-refractivity contribution in [2.75, 3.05) is 6.54 Å². The Morgan fingerprint density at radius 1 is 1.70 bits per heavy atom. The molecule has 0 saturated heterocycles. The summed E-state index contributed by atoms with van der Waals surface area (Å²) in [5, 5.41) is 11.8. The van der Waals surface area contributed by atoms with Gasteiger partial charge in [0.05, 0.1) is 5.60 Å². The molecule has 0 atom stereocenters. The molecular formula is C6H12N2O2. The number of nitrogens with two attached hydrogens (primary N) is 1. The number of carbonyl (C=O) groups excluding carboxylic acids is 1. The van der Waals surface area contributed by atoms with E-state index in [1.54, 1.807) is 0 Å². The molecule has 0 aromatic carbocycles. The molecule has 0 aliphatic heterocycles. The van der Waals surface area contributed by atoms with Crippen molar-refractivity contribution in [2.24, 2.45) is 5.73 Å². The highest BCUT2D eigenvalue weighted by Gasteiger charge is 2.34.